The van der Waals surface area contributed by atoms with E-state index in [1.807, 2.05) is 47.4 Å². The molecule has 40 heavy (non-hydrogen) atoms. The molecule has 1 atom stereocenters. The average Bonchev–Trinajstić information content (AvgIpc) is 3.74. The number of fused-ring (bicyclic) bond motifs is 1. The lowest BCUT2D eigenvalue weighted by Gasteiger charge is -2.27. The van der Waals surface area contributed by atoms with Gasteiger partial charge in [-0.05, 0) is 66.3 Å². The molecule has 1 aliphatic carbocycles. The van der Waals surface area contributed by atoms with E-state index in [-0.39, 0.29) is 24.0 Å². The van der Waals surface area contributed by atoms with Gasteiger partial charge in [0.05, 0.1) is 13.2 Å². The van der Waals surface area contributed by atoms with Crippen LogP contribution in [-0.2, 0) is 28.9 Å². The summed E-state index contributed by atoms with van der Waals surface area (Å²) in [6.07, 6.45) is 5.19. The molecule has 3 aliphatic rings. The number of ether oxygens (including phenoxy) is 3. The van der Waals surface area contributed by atoms with Gasteiger partial charge in [0.15, 0.2) is 11.5 Å². The summed E-state index contributed by atoms with van der Waals surface area (Å²) in [6, 6.07) is 21.8. The molecule has 0 bridgehead atoms. The van der Waals surface area contributed by atoms with Gasteiger partial charge in [0.25, 0.3) is 5.91 Å². The highest BCUT2D eigenvalue weighted by molar-refractivity contribution is 5.99. The second-order valence-electron chi connectivity index (χ2n) is 10.9. The lowest BCUT2D eigenvalue weighted by atomic mass is 10.1. The van der Waals surface area contributed by atoms with E-state index >= 15 is 0 Å². The molecule has 6 rings (SSSR count). The number of carbonyl (C=O) groups excluding carboxylic acids is 2. The maximum Gasteiger partial charge on any atom is 0.254 e. The number of anilines is 1. The van der Waals surface area contributed by atoms with Crippen LogP contribution in [0.15, 0.2) is 66.7 Å². The zero-order valence-corrected chi connectivity index (χ0v) is 23.0. The minimum Gasteiger partial charge on any atom is -0.493 e. The minimum atomic E-state index is -0.0768. The third-order valence-electron chi connectivity index (χ3n) is 8.12. The van der Waals surface area contributed by atoms with Crippen molar-refractivity contribution in [2.45, 2.75) is 57.3 Å². The van der Waals surface area contributed by atoms with Crippen LogP contribution < -0.4 is 14.4 Å². The fourth-order valence-corrected chi connectivity index (χ4v) is 6.07. The van der Waals surface area contributed by atoms with E-state index in [1.165, 1.54) is 11.1 Å². The summed E-state index contributed by atoms with van der Waals surface area (Å²) in [7, 11) is 1.65. The molecule has 2 saturated heterocycles. The van der Waals surface area contributed by atoms with Crippen LogP contribution in [0.3, 0.4) is 0 Å². The predicted molar refractivity (Wildman–Crippen MR) is 153 cm³/mol. The first-order chi connectivity index (χ1) is 19.6. The Morgan fingerprint density at radius 3 is 2.52 bits per heavy atom. The largest absolute Gasteiger partial charge is 0.493 e. The Balaban J connectivity index is 1.20. The van der Waals surface area contributed by atoms with Crippen molar-refractivity contribution in [2.24, 2.45) is 0 Å². The van der Waals surface area contributed by atoms with Crippen LogP contribution in [0.2, 0.25) is 0 Å². The van der Waals surface area contributed by atoms with Gasteiger partial charge in [-0.15, -0.1) is 0 Å². The van der Waals surface area contributed by atoms with Crippen LogP contribution in [0.4, 0.5) is 5.69 Å². The maximum atomic E-state index is 13.9. The van der Waals surface area contributed by atoms with Gasteiger partial charge in [-0.25, -0.2) is 0 Å². The number of hydrogen-bond donors (Lipinski definition) is 0. The van der Waals surface area contributed by atoms with Crippen LogP contribution in [0.25, 0.3) is 0 Å². The highest BCUT2D eigenvalue weighted by Crippen LogP contribution is 2.33. The zero-order valence-electron chi connectivity index (χ0n) is 23.0. The molecule has 0 spiro atoms. The van der Waals surface area contributed by atoms with Crippen LogP contribution in [0.1, 0.15) is 52.7 Å². The molecule has 1 unspecified atom stereocenters. The van der Waals surface area contributed by atoms with E-state index in [2.05, 4.69) is 24.3 Å². The Hall–Kier alpha value is -3.84. The van der Waals surface area contributed by atoms with Gasteiger partial charge >= 0.3 is 0 Å². The third-order valence-corrected chi connectivity index (χ3v) is 8.12. The summed E-state index contributed by atoms with van der Waals surface area (Å²) in [5.74, 6) is 1.40. The van der Waals surface area contributed by atoms with Gasteiger partial charge in [0.1, 0.15) is 6.10 Å². The van der Waals surface area contributed by atoms with E-state index in [0.717, 1.165) is 50.0 Å². The number of hydrogen-bond acceptors (Lipinski definition) is 5. The predicted octanol–water partition coefficient (Wildman–Crippen LogP) is 5.19. The molecule has 2 aliphatic heterocycles. The number of nitrogens with zero attached hydrogens (tertiary/aromatic N) is 2. The Morgan fingerprint density at radius 2 is 1.82 bits per heavy atom. The van der Waals surface area contributed by atoms with Gasteiger partial charge in [0, 0.05) is 56.8 Å². The molecule has 7 nitrogen and oxygen atoms in total. The van der Waals surface area contributed by atoms with Crippen molar-refractivity contribution in [3.05, 3.63) is 89.0 Å². The molecule has 2 heterocycles. The Labute approximate surface area is 235 Å². The van der Waals surface area contributed by atoms with Gasteiger partial charge in [-0.3, -0.25) is 9.59 Å². The molecule has 0 aromatic heterocycles. The quantitative estimate of drug-likeness (QED) is 0.374. The van der Waals surface area contributed by atoms with Crippen LogP contribution in [-0.4, -0.2) is 55.7 Å². The SMILES string of the molecule is COc1cc(CN(CC2CCCO2)C(=O)c2cccc(N3CCCC3=O)c2)ccc1OC1Cc2ccccc2C1. The number of amides is 2. The first-order valence-corrected chi connectivity index (χ1v) is 14.3. The van der Waals surface area contributed by atoms with E-state index in [4.69, 9.17) is 14.2 Å². The van der Waals surface area contributed by atoms with Gasteiger partial charge in [-0.2, -0.15) is 0 Å². The molecule has 0 N–H and O–H groups in total. The molecule has 0 radical (unpaired) electrons. The van der Waals surface area contributed by atoms with Gasteiger partial charge in [-0.1, -0.05) is 36.4 Å². The second kappa shape index (κ2) is 11.7. The Morgan fingerprint density at radius 1 is 1.00 bits per heavy atom. The van der Waals surface area contributed by atoms with E-state index in [0.29, 0.717) is 43.1 Å². The molecule has 7 heteroatoms. The summed E-state index contributed by atoms with van der Waals surface area (Å²) in [5.41, 5.74) is 4.98. The third kappa shape index (κ3) is 5.70. The summed E-state index contributed by atoms with van der Waals surface area (Å²) in [6.45, 7) is 2.34. The molecule has 0 saturated carbocycles. The Bertz CT molecular complexity index is 1360. The molecule has 3 aromatic carbocycles. The summed E-state index contributed by atoms with van der Waals surface area (Å²) >= 11 is 0. The van der Waals surface area contributed by atoms with Crippen LogP contribution in [0, 0.1) is 0 Å². The van der Waals surface area contributed by atoms with Crippen molar-refractivity contribution in [3.8, 4) is 11.5 Å². The van der Waals surface area contributed by atoms with Crippen molar-refractivity contribution < 1.29 is 23.8 Å². The first-order valence-electron chi connectivity index (χ1n) is 14.3. The lowest BCUT2D eigenvalue weighted by Crippen LogP contribution is -2.37. The molecular weight excluding hydrogens is 504 g/mol. The number of rotatable bonds is 9. The highest BCUT2D eigenvalue weighted by Gasteiger charge is 2.27. The normalized spacial score (nSPS) is 18.7. The van der Waals surface area contributed by atoms with Crippen molar-refractivity contribution in [2.75, 3.05) is 31.7 Å². The molecular formula is C33H36N2O5. The van der Waals surface area contributed by atoms with Crippen molar-refractivity contribution in [1.29, 1.82) is 0 Å². The highest BCUT2D eigenvalue weighted by atomic mass is 16.5. The van der Waals surface area contributed by atoms with Crippen molar-refractivity contribution in [1.82, 2.24) is 4.90 Å². The second-order valence-corrected chi connectivity index (χ2v) is 10.9. The van der Waals surface area contributed by atoms with Crippen molar-refractivity contribution >= 4 is 17.5 Å². The fraction of sp³-hybridized carbons (Fsp3) is 0.394. The number of carbonyl (C=O) groups is 2. The average molecular weight is 541 g/mol. The first kappa shape index (κ1) is 26.4. The standard InChI is InChI=1S/C33H36N2O5/c1-38-31-17-23(13-14-30(31)40-29-19-24-7-2-3-8-25(24)20-29)21-34(22-28-11-6-16-39-28)33(37)26-9-4-10-27(18-26)35-15-5-12-32(35)36/h2-4,7-10,13-14,17-18,28-29H,5-6,11-12,15-16,19-22H2,1H3. The summed E-state index contributed by atoms with van der Waals surface area (Å²) < 4.78 is 18.0. The lowest BCUT2D eigenvalue weighted by molar-refractivity contribution is -0.117. The van der Waals surface area contributed by atoms with E-state index in [9.17, 15) is 9.59 Å². The van der Waals surface area contributed by atoms with Gasteiger partial charge in [0.2, 0.25) is 5.91 Å². The molecule has 208 valence electrons. The van der Waals surface area contributed by atoms with E-state index in [1.54, 1.807) is 12.0 Å². The molecule has 2 amide bonds. The molecule has 2 fully saturated rings. The topological polar surface area (TPSA) is 68.3 Å². The van der Waals surface area contributed by atoms with Gasteiger partial charge < -0.3 is 24.0 Å². The van der Waals surface area contributed by atoms with Crippen molar-refractivity contribution in [3.63, 3.8) is 0 Å². The maximum absolute atomic E-state index is 13.9. The summed E-state index contributed by atoms with van der Waals surface area (Å²) in [5, 5.41) is 0. The van der Waals surface area contributed by atoms with Crippen LogP contribution in [0.5, 0.6) is 11.5 Å². The van der Waals surface area contributed by atoms with E-state index < -0.39 is 0 Å². The smallest absolute Gasteiger partial charge is 0.254 e. The summed E-state index contributed by atoms with van der Waals surface area (Å²) in [4.78, 5) is 29.8. The molecule has 3 aromatic rings. The number of methoxy groups -OCH3 is 1. The fourth-order valence-electron chi connectivity index (χ4n) is 6.07. The zero-order chi connectivity index (χ0) is 27.5. The number of benzene rings is 3. The monoisotopic (exact) mass is 540 g/mol. The van der Waals surface area contributed by atoms with Crippen LogP contribution >= 0.6 is 0 Å². The minimum absolute atomic E-state index is 0.0146. The Kier molecular flexibility index (Phi) is 7.73.